The summed E-state index contributed by atoms with van der Waals surface area (Å²) in [6.07, 6.45) is 3.96. The van der Waals surface area contributed by atoms with Gasteiger partial charge in [-0.1, -0.05) is 0 Å². The van der Waals surface area contributed by atoms with Crippen LogP contribution in [0.15, 0.2) is 0 Å². The number of carbonyl (C=O) groups is 1. The first kappa shape index (κ1) is 10.9. The Morgan fingerprint density at radius 1 is 1.27 bits per heavy atom. The second kappa shape index (κ2) is 4.94. The Balaban J connectivity index is 1.77. The Labute approximate surface area is 90.3 Å². The molecule has 0 saturated carbocycles. The monoisotopic (exact) mass is 213 g/mol. The van der Waals surface area contributed by atoms with Crippen LogP contribution in [0.4, 0.5) is 0 Å². The third-order valence-corrected chi connectivity index (χ3v) is 3.11. The van der Waals surface area contributed by atoms with Crippen LogP contribution in [0, 0.1) is 0 Å². The summed E-state index contributed by atoms with van der Waals surface area (Å²) in [6, 6.07) is 0.101. The molecule has 86 valence electrons. The van der Waals surface area contributed by atoms with Gasteiger partial charge < -0.3 is 14.8 Å². The average Bonchev–Trinajstić information content (AvgIpc) is 2.91. The zero-order chi connectivity index (χ0) is 10.7. The summed E-state index contributed by atoms with van der Waals surface area (Å²) >= 11 is 0. The largest absolute Gasteiger partial charge is 0.376 e. The Kier molecular flexibility index (Phi) is 3.59. The Bertz CT molecular complexity index is 220. The first-order valence-corrected chi connectivity index (χ1v) is 5.81. The zero-order valence-electron chi connectivity index (χ0n) is 9.20. The number of ether oxygens (including phenoxy) is 2. The lowest BCUT2D eigenvalue weighted by atomic mass is 10.1. The van der Waals surface area contributed by atoms with E-state index in [2.05, 4.69) is 5.32 Å². The Morgan fingerprint density at radius 2 is 2.00 bits per heavy atom. The molecule has 0 spiro atoms. The van der Waals surface area contributed by atoms with Gasteiger partial charge in [0.05, 0.1) is 12.1 Å². The van der Waals surface area contributed by atoms with Crippen molar-refractivity contribution in [3.63, 3.8) is 0 Å². The van der Waals surface area contributed by atoms with Gasteiger partial charge in [-0.25, -0.2) is 0 Å². The lowest BCUT2D eigenvalue weighted by Crippen LogP contribution is -2.45. The molecule has 0 aromatic heterocycles. The normalized spacial score (nSPS) is 32.9. The molecule has 4 nitrogen and oxygen atoms in total. The van der Waals surface area contributed by atoms with E-state index >= 15 is 0 Å². The minimum atomic E-state index is -0.228. The van der Waals surface area contributed by atoms with Crippen LogP contribution in [0.5, 0.6) is 0 Å². The van der Waals surface area contributed by atoms with Crippen LogP contribution in [0.2, 0.25) is 0 Å². The van der Waals surface area contributed by atoms with Crippen molar-refractivity contribution in [3.05, 3.63) is 0 Å². The van der Waals surface area contributed by atoms with Gasteiger partial charge >= 0.3 is 0 Å². The average molecular weight is 213 g/mol. The highest BCUT2D eigenvalue weighted by Gasteiger charge is 2.28. The smallest absolute Gasteiger partial charge is 0.249 e. The molecule has 2 aliphatic rings. The van der Waals surface area contributed by atoms with Gasteiger partial charge in [-0.05, 0) is 32.6 Å². The summed E-state index contributed by atoms with van der Waals surface area (Å²) in [6.45, 7) is 3.54. The van der Waals surface area contributed by atoms with Crippen molar-refractivity contribution in [2.45, 2.75) is 50.9 Å². The fourth-order valence-corrected chi connectivity index (χ4v) is 2.19. The molecule has 2 aliphatic heterocycles. The van der Waals surface area contributed by atoms with Crippen molar-refractivity contribution < 1.29 is 14.3 Å². The first-order chi connectivity index (χ1) is 7.27. The van der Waals surface area contributed by atoms with Gasteiger partial charge in [0.1, 0.15) is 6.10 Å². The second-order valence-electron chi connectivity index (χ2n) is 4.35. The molecule has 2 fully saturated rings. The van der Waals surface area contributed by atoms with Gasteiger partial charge in [-0.3, -0.25) is 4.79 Å². The van der Waals surface area contributed by atoms with Gasteiger partial charge in [0.2, 0.25) is 5.91 Å². The maximum Gasteiger partial charge on any atom is 0.249 e. The van der Waals surface area contributed by atoms with E-state index in [9.17, 15) is 4.79 Å². The molecule has 4 heteroatoms. The van der Waals surface area contributed by atoms with Crippen LogP contribution in [-0.4, -0.2) is 37.4 Å². The maximum absolute atomic E-state index is 11.7. The summed E-state index contributed by atoms with van der Waals surface area (Å²) in [4.78, 5) is 11.7. The molecule has 0 aliphatic carbocycles. The summed E-state index contributed by atoms with van der Waals surface area (Å²) in [5.74, 6) is 0.0236. The lowest BCUT2D eigenvalue weighted by Gasteiger charge is -2.21. The topological polar surface area (TPSA) is 47.6 Å². The maximum atomic E-state index is 11.7. The van der Waals surface area contributed by atoms with E-state index < -0.39 is 0 Å². The standard InChI is InChI=1S/C11H19NO3/c1-8(9-4-2-6-14-9)12-11(13)10-5-3-7-15-10/h8-10H,2-7H2,1H3,(H,12,13)/t8-,9+,10+/m1/s1. The van der Waals surface area contributed by atoms with Gasteiger partial charge in [0, 0.05) is 13.2 Å². The third-order valence-electron chi connectivity index (χ3n) is 3.11. The first-order valence-electron chi connectivity index (χ1n) is 5.81. The third kappa shape index (κ3) is 2.69. The molecule has 2 rings (SSSR count). The minimum Gasteiger partial charge on any atom is -0.376 e. The van der Waals surface area contributed by atoms with E-state index in [-0.39, 0.29) is 24.2 Å². The molecular formula is C11H19NO3. The van der Waals surface area contributed by atoms with Crippen molar-refractivity contribution in [3.8, 4) is 0 Å². The molecule has 2 saturated heterocycles. The van der Waals surface area contributed by atoms with Crippen molar-refractivity contribution in [1.29, 1.82) is 0 Å². The van der Waals surface area contributed by atoms with Crippen LogP contribution in [0.25, 0.3) is 0 Å². The van der Waals surface area contributed by atoms with Crippen LogP contribution < -0.4 is 5.32 Å². The predicted molar refractivity (Wildman–Crippen MR) is 55.6 cm³/mol. The molecule has 0 unspecified atom stereocenters. The van der Waals surface area contributed by atoms with E-state index in [1.807, 2.05) is 6.92 Å². The molecule has 1 amide bonds. The molecule has 0 bridgehead atoms. The molecule has 1 N–H and O–H groups in total. The van der Waals surface area contributed by atoms with Crippen LogP contribution in [-0.2, 0) is 14.3 Å². The number of hydrogen-bond acceptors (Lipinski definition) is 3. The highest BCUT2D eigenvalue weighted by molar-refractivity contribution is 5.81. The number of hydrogen-bond donors (Lipinski definition) is 1. The second-order valence-corrected chi connectivity index (χ2v) is 4.35. The van der Waals surface area contributed by atoms with E-state index in [0.29, 0.717) is 6.61 Å². The molecule has 0 aromatic carbocycles. The SMILES string of the molecule is C[C@@H](NC(=O)[C@@H]1CCCO1)[C@@H]1CCCO1. The fourth-order valence-electron chi connectivity index (χ4n) is 2.19. The van der Waals surface area contributed by atoms with E-state index in [1.165, 1.54) is 0 Å². The number of amides is 1. The highest BCUT2D eigenvalue weighted by Crippen LogP contribution is 2.17. The van der Waals surface area contributed by atoms with Gasteiger partial charge in [-0.15, -0.1) is 0 Å². The fraction of sp³-hybridized carbons (Fsp3) is 0.909. The summed E-state index contributed by atoms with van der Waals surface area (Å²) in [5, 5.41) is 2.97. The van der Waals surface area contributed by atoms with Gasteiger partial charge in [0.25, 0.3) is 0 Å². The molecule has 2 heterocycles. The van der Waals surface area contributed by atoms with Crippen molar-refractivity contribution >= 4 is 5.91 Å². The summed E-state index contributed by atoms with van der Waals surface area (Å²) < 4.78 is 10.8. The van der Waals surface area contributed by atoms with Gasteiger partial charge in [-0.2, -0.15) is 0 Å². The Hall–Kier alpha value is -0.610. The number of carbonyl (C=O) groups excluding carboxylic acids is 1. The molecule has 0 aromatic rings. The highest BCUT2D eigenvalue weighted by atomic mass is 16.5. The lowest BCUT2D eigenvalue weighted by molar-refractivity contribution is -0.131. The van der Waals surface area contributed by atoms with E-state index in [4.69, 9.17) is 9.47 Å². The quantitative estimate of drug-likeness (QED) is 0.756. The van der Waals surface area contributed by atoms with Crippen molar-refractivity contribution in [2.75, 3.05) is 13.2 Å². The molecule has 3 atom stereocenters. The van der Waals surface area contributed by atoms with Crippen LogP contribution in [0.3, 0.4) is 0 Å². The molecular weight excluding hydrogens is 194 g/mol. The number of nitrogens with one attached hydrogen (secondary N) is 1. The van der Waals surface area contributed by atoms with Crippen molar-refractivity contribution in [1.82, 2.24) is 5.32 Å². The van der Waals surface area contributed by atoms with Crippen molar-refractivity contribution in [2.24, 2.45) is 0 Å². The zero-order valence-corrected chi connectivity index (χ0v) is 9.20. The van der Waals surface area contributed by atoms with Crippen LogP contribution in [0.1, 0.15) is 32.6 Å². The predicted octanol–water partition coefficient (Wildman–Crippen LogP) is 0.849. The number of rotatable bonds is 3. The Morgan fingerprint density at radius 3 is 2.60 bits per heavy atom. The van der Waals surface area contributed by atoms with Gasteiger partial charge in [0.15, 0.2) is 0 Å². The summed E-state index contributed by atoms with van der Waals surface area (Å²) in [7, 11) is 0. The van der Waals surface area contributed by atoms with E-state index in [1.54, 1.807) is 0 Å². The molecule has 0 radical (unpaired) electrons. The van der Waals surface area contributed by atoms with E-state index in [0.717, 1.165) is 32.3 Å². The molecule has 15 heavy (non-hydrogen) atoms. The summed E-state index contributed by atoms with van der Waals surface area (Å²) in [5.41, 5.74) is 0. The van der Waals surface area contributed by atoms with Crippen LogP contribution >= 0.6 is 0 Å². The minimum absolute atomic E-state index is 0.0236.